The lowest BCUT2D eigenvalue weighted by molar-refractivity contribution is -0.115. The first kappa shape index (κ1) is 20.6. The van der Waals surface area contributed by atoms with Gasteiger partial charge in [0.25, 0.3) is 0 Å². The van der Waals surface area contributed by atoms with E-state index >= 15 is 0 Å². The Balaban J connectivity index is 3.74. The zero-order chi connectivity index (χ0) is 16.4. The fourth-order valence-electron chi connectivity index (χ4n) is 2.52. The first-order valence-corrected chi connectivity index (χ1v) is 8.44. The van der Waals surface area contributed by atoms with Gasteiger partial charge in [-0.05, 0) is 37.0 Å². The summed E-state index contributed by atoms with van der Waals surface area (Å²) in [6.07, 6.45) is 9.50. The summed E-state index contributed by atoms with van der Waals surface area (Å²) in [4.78, 5) is 10.8. The van der Waals surface area contributed by atoms with Crippen LogP contribution in [-0.2, 0) is 4.79 Å². The van der Waals surface area contributed by atoms with Crippen LogP contribution in [0.25, 0.3) is 0 Å². The minimum absolute atomic E-state index is 0.0229. The smallest absolute Gasteiger partial charge is 0.125 e. The van der Waals surface area contributed by atoms with Crippen molar-refractivity contribution in [3.05, 3.63) is 0 Å². The van der Waals surface area contributed by atoms with Crippen LogP contribution in [0.15, 0.2) is 0 Å². The van der Waals surface area contributed by atoms with E-state index in [1.54, 1.807) is 0 Å². The van der Waals surface area contributed by atoms with Crippen molar-refractivity contribution in [1.29, 1.82) is 0 Å². The molecular weight excluding hydrogens is 264 g/mol. The first-order valence-electron chi connectivity index (χ1n) is 8.44. The quantitative estimate of drug-likeness (QED) is 0.400. The Morgan fingerprint density at radius 2 is 1.43 bits per heavy atom. The fourth-order valence-corrected chi connectivity index (χ4v) is 2.52. The SMILES string of the molecule is CC(C)(C=O)CCCCC(CO)CCCCC(C)(C)CO. The molecule has 0 radical (unpaired) electrons. The summed E-state index contributed by atoms with van der Waals surface area (Å²) in [6, 6.07) is 0. The van der Waals surface area contributed by atoms with E-state index in [1.165, 1.54) is 0 Å². The van der Waals surface area contributed by atoms with Crippen LogP contribution in [-0.4, -0.2) is 29.7 Å². The molecule has 0 spiro atoms. The summed E-state index contributed by atoms with van der Waals surface area (Å²) in [5.74, 6) is 0.390. The topological polar surface area (TPSA) is 57.5 Å². The monoisotopic (exact) mass is 300 g/mol. The van der Waals surface area contributed by atoms with E-state index in [-0.39, 0.29) is 24.0 Å². The highest BCUT2D eigenvalue weighted by Crippen LogP contribution is 2.25. The van der Waals surface area contributed by atoms with E-state index in [1.807, 2.05) is 13.8 Å². The van der Waals surface area contributed by atoms with Gasteiger partial charge in [-0.1, -0.05) is 53.4 Å². The highest BCUT2D eigenvalue weighted by Gasteiger charge is 2.17. The number of rotatable bonds is 13. The number of hydrogen-bond acceptors (Lipinski definition) is 3. The minimum atomic E-state index is -0.204. The van der Waals surface area contributed by atoms with Gasteiger partial charge in [-0.25, -0.2) is 0 Å². The Morgan fingerprint density at radius 3 is 1.86 bits per heavy atom. The fraction of sp³-hybridized carbons (Fsp3) is 0.944. The summed E-state index contributed by atoms with van der Waals surface area (Å²) in [5, 5.41) is 18.7. The lowest BCUT2D eigenvalue weighted by Crippen LogP contribution is -2.16. The van der Waals surface area contributed by atoms with Crippen molar-refractivity contribution < 1.29 is 15.0 Å². The number of aliphatic hydroxyl groups excluding tert-OH is 2. The molecule has 2 N–H and O–H groups in total. The van der Waals surface area contributed by atoms with Crippen LogP contribution < -0.4 is 0 Å². The van der Waals surface area contributed by atoms with Gasteiger partial charge in [-0.2, -0.15) is 0 Å². The van der Waals surface area contributed by atoms with Gasteiger partial charge < -0.3 is 15.0 Å². The number of carbonyl (C=O) groups is 1. The third kappa shape index (κ3) is 10.9. The van der Waals surface area contributed by atoms with Gasteiger partial charge >= 0.3 is 0 Å². The standard InChI is InChI=1S/C18H36O3/c1-17(2,14-20)11-7-5-9-16(13-19)10-6-8-12-18(3,4)15-21/h14,16,19,21H,5-13,15H2,1-4H3. The lowest BCUT2D eigenvalue weighted by atomic mass is 9.86. The Kier molecular flexibility index (Phi) is 10.1. The molecule has 0 fully saturated rings. The molecule has 21 heavy (non-hydrogen) atoms. The van der Waals surface area contributed by atoms with E-state index in [2.05, 4.69) is 13.8 Å². The Morgan fingerprint density at radius 1 is 0.905 bits per heavy atom. The number of hydrogen-bond donors (Lipinski definition) is 2. The molecular formula is C18H36O3. The van der Waals surface area contributed by atoms with Gasteiger partial charge in [0, 0.05) is 18.6 Å². The second kappa shape index (κ2) is 10.3. The number of unbranched alkanes of at least 4 members (excludes halogenated alkanes) is 2. The molecule has 1 atom stereocenters. The van der Waals surface area contributed by atoms with E-state index < -0.39 is 0 Å². The van der Waals surface area contributed by atoms with Gasteiger partial charge in [-0.15, -0.1) is 0 Å². The van der Waals surface area contributed by atoms with Crippen LogP contribution in [0.4, 0.5) is 0 Å². The van der Waals surface area contributed by atoms with Crippen molar-refractivity contribution in [3.8, 4) is 0 Å². The highest BCUT2D eigenvalue weighted by atomic mass is 16.3. The normalized spacial score (nSPS) is 14.2. The number of aldehydes is 1. The molecule has 0 saturated heterocycles. The van der Waals surface area contributed by atoms with Gasteiger partial charge in [0.05, 0.1) is 0 Å². The second-order valence-corrected chi connectivity index (χ2v) is 7.97. The summed E-state index contributed by atoms with van der Waals surface area (Å²) in [7, 11) is 0. The zero-order valence-electron chi connectivity index (χ0n) is 14.5. The first-order chi connectivity index (χ1) is 9.76. The molecule has 0 rings (SSSR count). The van der Waals surface area contributed by atoms with Gasteiger partial charge in [0.15, 0.2) is 0 Å². The molecule has 0 heterocycles. The summed E-state index contributed by atoms with van der Waals surface area (Å²) >= 11 is 0. The Labute approximate surface area is 131 Å². The molecule has 0 amide bonds. The molecule has 0 aromatic rings. The molecule has 0 aromatic heterocycles. The molecule has 0 aliphatic carbocycles. The minimum Gasteiger partial charge on any atom is -0.396 e. The van der Waals surface area contributed by atoms with Crippen molar-refractivity contribution in [2.75, 3.05) is 13.2 Å². The average Bonchev–Trinajstić information content (AvgIpc) is 2.45. The van der Waals surface area contributed by atoms with E-state index in [0.29, 0.717) is 5.92 Å². The van der Waals surface area contributed by atoms with Crippen LogP contribution in [0.5, 0.6) is 0 Å². The van der Waals surface area contributed by atoms with Crippen LogP contribution in [0.2, 0.25) is 0 Å². The number of aliphatic hydroxyl groups is 2. The molecule has 3 nitrogen and oxygen atoms in total. The van der Waals surface area contributed by atoms with Gasteiger partial charge in [-0.3, -0.25) is 0 Å². The summed E-state index contributed by atoms with van der Waals surface area (Å²) < 4.78 is 0. The molecule has 126 valence electrons. The van der Waals surface area contributed by atoms with E-state index in [9.17, 15) is 15.0 Å². The maximum absolute atomic E-state index is 10.8. The summed E-state index contributed by atoms with van der Waals surface area (Å²) in [5.41, 5.74) is -0.181. The zero-order valence-corrected chi connectivity index (χ0v) is 14.5. The molecule has 1 unspecified atom stereocenters. The van der Waals surface area contributed by atoms with Crippen molar-refractivity contribution in [2.24, 2.45) is 16.7 Å². The van der Waals surface area contributed by atoms with Crippen molar-refractivity contribution >= 4 is 6.29 Å². The predicted molar refractivity (Wildman–Crippen MR) is 88.2 cm³/mol. The van der Waals surface area contributed by atoms with Crippen LogP contribution in [0.1, 0.15) is 79.1 Å². The largest absolute Gasteiger partial charge is 0.396 e. The van der Waals surface area contributed by atoms with Crippen molar-refractivity contribution in [2.45, 2.75) is 79.1 Å². The van der Waals surface area contributed by atoms with Crippen molar-refractivity contribution in [1.82, 2.24) is 0 Å². The summed E-state index contributed by atoms with van der Waals surface area (Å²) in [6.45, 7) is 8.64. The van der Waals surface area contributed by atoms with E-state index in [4.69, 9.17) is 0 Å². The van der Waals surface area contributed by atoms with Crippen LogP contribution >= 0.6 is 0 Å². The van der Waals surface area contributed by atoms with Crippen molar-refractivity contribution in [3.63, 3.8) is 0 Å². The third-order valence-electron chi connectivity index (χ3n) is 4.40. The maximum atomic E-state index is 10.8. The van der Waals surface area contributed by atoms with Crippen LogP contribution in [0, 0.1) is 16.7 Å². The molecule has 3 heteroatoms. The third-order valence-corrected chi connectivity index (χ3v) is 4.40. The number of carbonyl (C=O) groups excluding carboxylic acids is 1. The Bertz CT molecular complexity index is 272. The average molecular weight is 300 g/mol. The van der Waals surface area contributed by atoms with Gasteiger partial charge in [0.1, 0.15) is 6.29 Å². The lowest BCUT2D eigenvalue weighted by Gasteiger charge is -2.22. The molecule has 0 aromatic carbocycles. The molecule has 0 aliphatic heterocycles. The van der Waals surface area contributed by atoms with Gasteiger partial charge in [0.2, 0.25) is 0 Å². The Hall–Kier alpha value is -0.410. The molecule has 0 aliphatic rings. The molecule has 0 saturated carbocycles. The van der Waals surface area contributed by atoms with E-state index in [0.717, 1.165) is 57.7 Å². The highest BCUT2D eigenvalue weighted by molar-refractivity contribution is 5.57. The second-order valence-electron chi connectivity index (χ2n) is 7.97. The van der Waals surface area contributed by atoms with Crippen LogP contribution in [0.3, 0.4) is 0 Å². The maximum Gasteiger partial charge on any atom is 0.125 e. The predicted octanol–water partition coefficient (Wildman–Crippen LogP) is 3.96. The molecule has 0 bridgehead atoms.